The molecule has 0 N–H and O–H groups in total. The predicted molar refractivity (Wildman–Crippen MR) is 61.0 cm³/mol. The Bertz CT molecular complexity index is 433. The van der Waals surface area contributed by atoms with Crippen LogP contribution >= 0.6 is 0 Å². The smallest absolute Gasteiger partial charge is 0.279 e. The molecular formula is C12H16N2O4. The molecule has 2 aliphatic heterocycles. The van der Waals surface area contributed by atoms with Gasteiger partial charge in [0.25, 0.3) is 29.0 Å². The van der Waals surface area contributed by atoms with Gasteiger partial charge in [-0.1, -0.05) is 13.8 Å². The van der Waals surface area contributed by atoms with Gasteiger partial charge in [0.05, 0.1) is 0 Å². The Morgan fingerprint density at radius 3 is 1.67 bits per heavy atom. The first-order chi connectivity index (χ1) is 8.26. The molecule has 2 saturated heterocycles. The minimum atomic E-state index is -2.01. The Kier molecular flexibility index (Phi) is 2.57. The minimum Gasteiger partial charge on any atom is -0.279 e. The van der Waals surface area contributed by atoms with Gasteiger partial charge >= 0.3 is 0 Å². The van der Waals surface area contributed by atoms with E-state index in [1.54, 1.807) is 13.8 Å². The molecule has 0 radical (unpaired) electrons. The van der Waals surface area contributed by atoms with E-state index < -0.39 is 29.0 Å². The fourth-order valence-electron chi connectivity index (χ4n) is 2.39. The second-order valence-corrected chi connectivity index (χ2v) is 5.44. The average molecular weight is 252 g/mol. The molecule has 6 heteroatoms. The Labute approximate surface area is 105 Å². The lowest BCUT2D eigenvalue weighted by Gasteiger charge is -2.53. The van der Waals surface area contributed by atoms with Crippen molar-refractivity contribution in [3.05, 3.63) is 0 Å². The molecule has 18 heavy (non-hydrogen) atoms. The van der Waals surface area contributed by atoms with Crippen LogP contribution in [0.15, 0.2) is 0 Å². The molecule has 1 spiro atoms. The van der Waals surface area contributed by atoms with E-state index in [0.717, 1.165) is 9.80 Å². The van der Waals surface area contributed by atoms with E-state index in [4.69, 9.17) is 0 Å². The molecule has 6 nitrogen and oxygen atoms in total. The second kappa shape index (κ2) is 3.63. The zero-order chi connectivity index (χ0) is 13.8. The summed E-state index contributed by atoms with van der Waals surface area (Å²) in [5.74, 6) is -2.54. The molecule has 4 amide bonds. The number of hydrogen-bond donors (Lipinski definition) is 0. The molecule has 2 fully saturated rings. The summed E-state index contributed by atoms with van der Waals surface area (Å²) < 4.78 is 0. The van der Waals surface area contributed by atoms with Crippen molar-refractivity contribution in [1.82, 2.24) is 9.80 Å². The van der Waals surface area contributed by atoms with Crippen molar-refractivity contribution in [2.75, 3.05) is 6.54 Å². The van der Waals surface area contributed by atoms with E-state index in [1.807, 2.05) is 13.8 Å². The topological polar surface area (TPSA) is 74.8 Å². The molecule has 0 aromatic heterocycles. The standard InChI is InChI=1S/C12H16N2O4/c1-6(2)5-13-8(15)12(9(13)16)10(17)14(7(3)4)11(12)18/h6-7H,5H2,1-4H3. The molecule has 0 aromatic rings. The van der Waals surface area contributed by atoms with Gasteiger partial charge in [0.2, 0.25) is 0 Å². The lowest BCUT2D eigenvalue weighted by molar-refractivity contribution is -0.201. The first-order valence-electron chi connectivity index (χ1n) is 6.00. The maximum absolute atomic E-state index is 11.9. The molecule has 0 bridgehead atoms. The third-order valence-electron chi connectivity index (χ3n) is 3.28. The van der Waals surface area contributed by atoms with Crippen molar-refractivity contribution in [1.29, 1.82) is 0 Å². The van der Waals surface area contributed by atoms with Gasteiger partial charge in [0.15, 0.2) is 0 Å². The molecule has 0 unspecified atom stereocenters. The van der Waals surface area contributed by atoms with Crippen molar-refractivity contribution in [2.45, 2.75) is 33.7 Å². The maximum atomic E-state index is 11.9. The van der Waals surface area contributed by atoms with E-state index in [1.165, 1.54) is 0 Å². The van der Waals surface area contributed by atoms with Gasteiger partial charge in [-0.3, -0.25) is 29.0 Å². The second-order valence-electron chi connectivity index (χ2n) is 5.44. The SMILES string of the molecule is CC(C)CN1C(=O)C2(C1=O)C(=O)N(C(C)C)C2=O. The van der Waals surface area contributed by atoms with Gasteiger partial charge in [-0.25, -0.2) is 0 Å². The van der Waals surface area contributed by atoms with Gasteiger partial charge in [-0.15, -0.1) is 0 Å². The average Bonchev–Trinajstić information content (AvgIpc) is 2.25. The summed E-state index contributed by atoms with van der Waals surface area (Å²) in [4.78, 5) is 49.7. The normalized spacial score (nSPS) is 22.1. The molecule has 2 heterocycles. The number of rotatable bonds is 3. The van der Waals surface area contributed by atoms with Crippen molar-refractivity contribution in [3.63, 3.8) is 0 Å². The highest BCUT2D eigenvalue weighted by atomic mass is 16.2. The van der Waals surface area contributed by atoms with Crippen LogP contribution in [0.3, 0.4) is 0 Å². The molecule has 0 aliphatic carbocycles. The van der Waals surface area contributed by atoms with E-state index in [2.05, 4.69) is 0 Å². The Balaban J connectivity index is 2.23. The number of hydrogen-bond acceptors (Lipinski definition) is 4. The van der Waals surface area contributed by atoms with Crippen molar-refractivity contribution < 1.29 is 19.2 Å². The van der Waals surface area contributed by atoms with Crippen LogP contribution in [0.1, 0.15) is 27.7 Å². The van der Waals surface area contributed by atoms with Gasteiger partial charge in [-0.2, -0.15) is 0 Å². The van der Waals surface area contributed by atoms with Gasteiger partial charge in [-0.05, 0) is 19.8 Å². The van der Waals surface area contributed by atoms with Crippen LogP contribution in [0.25, 0.3) is 0 Å². The van der Waals surface area contributed by atoms with Crippen molar-refractivity contribution in [3.8, 4) is 0 Å². The number of β-lactam (4-membered cyclic amide) rings is 4. The van der Waals surface area contributed by atoms with Crippen LogP contribution in [-0.2, 0) is 19.2 Å². The molecule has 98 valence electrons. The fraction of sp³-hybridized carbons (Fsp3) is 0.667. The Morgan fingerprint density at radius 2 is 1.33 bits per heavy atom. The number of carbonyl (C=O) groups is 4. The largest absolute Gasteiger partial charge is 0.284 e. The third kappa shape index (κ3) is 1.18. The summed E-state index contributed by atoms with van der Waals surface area (Å²) in [6, 6.07) is -0.324. The highest BCUT2D eigenvalue weighted by molar-refractivity contribution is 6.52. The number of imide groups is 2. The lowest BCUT2D eigenvalue weighted by atomic mass is 9.68. The maximum Gasteiger partial charge on any atom is 0.284 e. The van der Waals surface area contributed by atoms with E-state index in [9.17, 15) is 19.2 Å². The number of carbonyl (C=O) groups excluding carboxylic acids is 4. The number of likely N-dealkylation sites (tertiary alicyclic amines) is 2. The van der Waals surface area contributed by atoms with E-state index >= 15 is 0 Å². The van der Waals surface area contributed by atoms with Crippen molar-refractivity contribution >= 4 is 23.6 Å². The minimum absolute atomic E-state index is 0.113. The number of amides is 4. The summed E-state index contributed by atoms with van der Waals surface area (Å²) in [5.41, 5.74) is -2.01. The highest BCUT2D eigenvalue weighted by Crippen LogP contribution is 2.45. The summed E-state index contributed by atoms with van der Waals surface area (Å²) in [5, 5.41) is 0. The van der Waals surface area contributed by atoms with Crippen LogP contribution in [0.2, 0.25) is 0 Å². The Hall–Kier alpha value is -1.72. The van der Waals surface area contributed by atoms with Crippen LogP contribution in [0.5, 0.6) is 0 Å². The molecule has 2 rings (SSSR count). The first kappa shape index (κ1) is 12.7. The monoisotopic (exact) mass is 252 g/mol. The lowest BCUT2D eigenvalue weighted by Crippen LogP contribution is -2.85. The van der Waals surface area contributed by atoms with Gasteiger partial charge in [0.1, 0.15) is 0 Å². The fourth-order valence-corrected chi connectivity index (χ4v) is 2.39. The first-order valence-corrected chi connectivity index (χ1v) is 6.00. The molecule has 0 aromatic carbocycles. The quantitative estimate of drug-likeness (QED) is 0.514. The summed E-state index contributed by atoms with van der Waals surface area (Å²) in [6.45, 7) is 7.30. The van der Waals surface area contributed by atoms with Crippen molar-refractivity contribution in [2.24, 2.45) is 11.3 Å². The molecule has 0 atom stereocenters. The van der Waals surface area contributed by atoms with Gasteiger partial charge < -0.3 is 0 Å². The third-order valence-corrected chi connectivity index (χ3v) is 3.28. The molecule has 2 aliphatic rings. The van der Waals surface area contributed by atoms with E-state index in [0.29, 0.717) is 0 Å². The summed E-state index contributed by atoms with van der Waals surface area (Å²) in [6.07, 6.45) is 0. The van der Waals surface area contributed by atoms with Crippen LogP contribution in [-0.4, -0.2) is 46.0 Å². The predicted octanol–water partition coefficient (Wildman–Crippen LogP) is -0.225. The highest BCUT2D eigenvalue weighted by Gasteiger charge is 2.80. The van der Waals surface area contributed by atoms with Crippen LogP contribution < -0.4 is 0 Å². The van der Waals surface area contributed by atoms with Crippen LogP contribution in [0, 0.1) is 11.3 Å². The zero-order valence-electron chi connectivity index (χ0n) is 10.9. The molecular weight excluding hydrogens is 236 g/mol. The summed E-state index contributed by atoms with van der Waals surface area (Å²) >= 11 is 0. The summed E-state index contributed by atoms with van der Waals surface area (Å²) in [7, 11) is 0. The van der Waals surface area contributed by atoms with Crippen LogP contribution in [0.4, 0.5) is 0 Å². The zero-order valence-corrected chi connectivity index (χ0v) is 10.9. The van der Waals surface area contributed by atoms with E-state index in [-0.39, 0.29) is 18.5 Å². The van der Waals surface area contributed by atoms with Gasteiger partial charge in [0, 0.05) is 12.6 Å². The number of nitrogens with zero attached hydrogens (tertiary/aromatic N) is 2. The molecule has 0 saturated carbocycles. The Morgan fingerprint density at radius 1 is 0.889 bits per heavy atom.